The molecular weight excluding hydrogens is 486 g/mol. The fraction of sp³-hybridized carbons (Fsp3) is 0.667. The number of carbonyl (C=O) groups is 2. The lowest BCUT2D eigenvalue weighted by atomic mass is 9.52. The lowest BCUT2D eigenvalue weighted by Gasteiger charge is -2.65. The highest BCUT2D eigenvalue weighted by Crippen LogP contribution is 2.75. The van der Waals surface area contributed by atoms with Gasteiger partial charge in [0.2, 0.25) is 0 Å². The number of nitrogens with zero attached hydrogens (tertiary/aromatic N) is 1. The molecule has 8 nitrogen and oxygen atoms in total. The molecule has 0 aromatic heterocycles. The van der Waals surface area contributed by atoms with Crippen LogP contribution in [0, 0.1) is 23.7 Å². The normalized spacial score (nSPS) is 47.9. The second kappa shape index (κ2) is 8.37. The lowest BCUT2D eigenvalue weighted by molar-refractivity contribution is -0.181. The summed E-state index contributed by atoms with van der Waals surface area (Å²) in [6.45, 7) is 2.26. The van der Waals surface area contributed by atoms with Crippen molar-refractivity contribution in [2.45, 2.75) is 87.0 Å². The van der Waals surface area contributed by atoms with Crippen molar-refractivity contribution >= 4 is 11.9 Å². The Hall–Kier alpha value is -2.26. The van der Waals surface area contributed by atoms with Gasteiger partial charge in [0.1, 0.15) is 6.10 Å². The third kappa shape index (κ3) is 2.85. The number of piperidine rings is 2. The molecule has 38 heavy (non-hydrogen) atoms. The van der Waals surface area contributed by atoms with Gasteiger partial charge in [0.15, 0.2) is 0 Å². The molecule has 7 rings (SSSR count). The van der Waals surface area contributed by atoms with Crippen molar-refractivity contribution in [1.82, 2.24) is 4.90 Å². The SMILES string of the molecule is COC(=O)C1=C2[C@]3([C@@H]4C[C@H]5[C@H](CC[C@@H](C)N53)[C@@]2(O)C4)[C@H]2CC[C@@H](O)[C@@H](OC)[C@@H]2[C@H]1OC(=O)c1ccccc1. The number of carbonyl (C=O) groups excluding carboxylic acids is 2. The molecule has 1 aromatic carbocycles. The number of rotatable bonds is 4. The van der Waals surface area contributed by atoms with Gasteiger partial charge in [0.25, 0.3) is 0 Å². The van der Waals surface area contributed by atoms with E-state index in [1.54, 1.807) is 31.4 Å². The van der Waals surface area contributed by atoms with Crippen LogP contribution in [0.2, 0.25) is 0 Å². The van der Waals surface area contributed by atoms with Crippen LogP contribution in [-0.4, -0.2) is 82.8 Å². The first kappa shape index (κ1) is 24.8. The minimum absolute atomic E-state index is 0.0367. The summed E-state index contributed by atoms with van der Waals surface area (Å²) in [6, 6.07) is 9.30. The van der Waals surface area contributed by atoms with E-state index < -0.39 is 47.3 Å². The molecule has 3 heterocycles. The summed E-state index contributed by atoms with van der Waals surface area (Å²) in [6.07, 6.45) is 2.39. The molecule has 6 aliphatic rings. The van der Waals surface area contributed by atoms with Gasteiger partial charge in [-0.25, -0.2) is 9.59 Å². The first-order valence-corrected chi connectivity index (χ1v) is 14.1. The van der Waals surface area contributed by atoms with Crippen molar-refractivity contribution in [3.63, 3.8) is 0 Å². The van der Waals surface area contributed by atoms with Crippen molar-refractivity contribution in [2.24, 2.45) is 23.7 Å². The van der Waals surface area contributed by atoms with Crippen LogP contribution in [0.4, 0.5) is 0 Å². The van der Waals surface area contributed by atoms with Crippen LogP contribution < -0.4 is 0 Å². The van der Waals surface area contributed by atoms with E-state index in [2.05, 4.69) is 11.8 Å². The van der Waals surface area contributed by atoms with E-state index in [4.69, 9.17) is 14.2 Å². The molecule has 5 bridgehead atoms. The predicted molar refractivity (Wildman–Crippen MR) is 136 cm³/mol. The van der Waals surface area contributed by atoms with Gasteiger partial charge in [0.05, 0.1) is 41.6 Å². The highest BCUT2D eigenvalue weighted by Gasteiger charge is 2.81. The number of hydrogen-bond acceptors (Lipinski definition) is 8. The number of ether oxygens (including phenoxy) is 3. The van der Waals surface area contributed by atoms with E-state index in [0.29, 0.717) is 30.9 Å². The molecule has 8 heteroatoms. The number of methoxy groups -OCH3 is 2. The Bertz CT molecular complexity index is 1200. The van der Waals surface area contributed by atoms with Crippen molar-refractivity contribution in [3.8, 4) is 0 Å². The predicted octanol–water partition coefficient (Wildman–Crippen LogP) is 2.47. The average Bonchev–Trinajstić information content (AvgIpc) is 3.32. The average molecular weight is 524 g/mol. The topological polar surface area (TPSA) is 106 Å². The largest absolute Gasteiger partial charge is 0.466 e. The van der Waals surface area contributed by atoms with Gasteiger partial charge in [-0.05, 0) is 75.0 Å². The molecule has 204 valence electrons. The standard InChI is InChI=1S/C30H37NO7/c1-15-9-10-18-20-13-17-14-29(18,35)26-23(28(34)37-3)25(38-27(33)16-7-5-4-6-8-16)22-19(30(17,26)31(15)20)11-12-21(32)24(22)36-2/h4-8,15,17-22,24-25,32,35H,9-14H2,1-3H3/t15-,17-,18+,19+,20+,21-,22-,24-,25-,29+,30+/m1/s1. The summed E-state index contributed by atoms with van der Waals surface area (Å²) in [5.74, 6) is -1.39. The summed E-state index contributed by atoms with van der Waals surface area (Å²) in [5, 5.41) is 23.7. The Morgan fingerprint density at radius 3 is 2.47 bits per heavy atom. The Kier molecular flexibility index (Phi) is 5.45. The third-order valence-corrected chi connectivity index (χ3v) is 11.2. The number of aliphatic hydroxyl groups excluding tert-OH is 1. The Morgan fingerprint density at radius 1 is 1.03 bits per heavy atom. The molecule has 1 spiro atoms. The Morgan fingerprint density at radius 2 is 1.76 bits per heavy atom. The second-order valence-corrected chi connectivity index (χ2v) is 12.4. The molecule has 3 saturated heterocycles. The van der Waals surface area contributed by atoms with E-state index in [-0.39, 0.29) is 29.4 Å². The highest BCUT2D eigenvalue weighted by atomic mass is 16.6. The summed E-state index contributed by atoms with van der Waals surface area (Å²) in [7, 11) is 2.92. The van der Waals surface area contributed by atoms with E-state index >= 15 is 0 Å². The molecule has 0 radical (unpaired) electrons. The third-order valence-electron chi connectivity index (χ3n) is 11.2. The second-order valence-electron chi connectivity index (χ2n) is 12.4. The molecule has 1 unspecified atom stereocenters. The zero-order chi connectivity index (χ0) is 26.6. The van der Waals surface area contributed by atoms with Gasteiger partial charge < -0.3 is 24.4 Å². The molecule has 12 atom stereocenters. The van der Waals surface area contributed by atoms with E-state index in [1.807, 2.05) is 6.07 Å². The lowest BCUT2D eigenvalue weighted by Crippen LogP contribution is -2.74. The maximum absolute atomic E-state index is 13.8. The van der Waals surface area contributed by atoms with E-state index in [9.17, 15) is 19.8 Å². The molecular formula is C30H37NO7. The van der Waals surface area contributed by atoms with Gasteiger partial charge in [0, 0.05) is 31.0 Å². The van der Waals surface area contributed by atoms with Crippen LogP contribution in [0.1, 0.15) is 55.8 Å². The maximum atomic E-state index is 13.8. The van der Waals surface area contributed by atoms with Crippen molar-refractivity contribution in [1.29, 1.82) is 0 Å². The number of fused-ring (bicyclic) bond motifs is 2. The number of hydrogen-bond donors (Lipinski definition) is 2. The van der Waals surface area contributed by atoms with Crippen molar-refractivity contribution < 1.29 is 34.0 Å². The minimum Gasteiger partial charge on any atom is -0.466 e. The zero-order valence-corrected chi connectivity index (χ0v) is 22.2. The number of benzene rings is 1. The van der Waals surface area contributed by atoms with Crippen LogP contribution in [-0.2, 0) is 19.0 Å². The van der Waals surface area contributed by atoms with Gasteiger partial charge in [-0.15, -0.1) is 0 Å². The highest BCUT2D eigenvalue weighted by molar-refractivity contribution is 5.95. The number of esters is 2. The fourth-order valence-electron chi connectivity index (χ4n) is 10.3. The quantitative estimate of drug-likeness (QED) is 0.580. The van der Waals surface area contributed by atoms with Crippen LogP contribution in [0.3, 0.4) is 0 Å². The zero-order valence-electron chi connectivity index (χ0n) is 22.2. The molecule has 1 aromatic rings. The summed E-state index contributed by atoms with van der Waals surface area (Å²) < 4.78 is 17.6. The van der Waals surface area contributed by atoms with Gasteiger partial charge >= 0.3 is 11.9 Å². The van der Waals surface area contributed by atoms with Gasteiger partial charge in [-0.1, -0.05) is 18.2 Å². The first-order chi connectivity index (χ1) is 18.3. The summed E-state index contributed by atoms with van der Waals surface area (Å²) in [4.78, 5) is 29.9. The Balaban J connectivity index is 1.49. The van der Waals surface area contributed by atoms with Crippen molar-refractivity contribution in [3.05, 3.63) is 47.0 Å². The molecule has 0 amide bonds. The molecule has 3 aliphatic heterocycles. The fourth-order valence-corrected chi connectivity index (χ4v) is 10.3. The summed E-state index contributed by atoms with van der Waals surface area (Å²) in [5.41, 5.74) is -0.273. The van der Waals surface area contributed by atoms with Crippen LogP contribution >= 0.6 is 0 Å². The Labute approximate surface area is 222 Å². The molecule has 5 fully saturated rings. The maximum Gasteiger partial charge on any atom is 0.338 e. The van der Waals surface area contributed by atoms with Crippen LogP contribution in [0.5, 0.6) is 0 Å². The number of aliphatic hydroxyl groups is 2. The van der Waals surface area contributed by atoms with Gasteiger partial charge in [-0.3, -0.25) is 4.90 Å². The summed E-state index contributed by atoms with van der Waals surface area (Å²) >= 11 is 0. The van der Waals surface area contributed by atoms with Crippen LogP contribution in [0.15, 0.2) is 41.5 Å². The van der Waals surface area contributed by atoms with Crippen molar-refractivity contribution in [2.75, 3.05) is 14.2 Å². The van der Waals surface area contributed by atoms with E-state index in [0.717, 1.165) is 24.8 Å². The van der Waals surface area contributed by atoms with Crippen LogP contribution in [0.25, 0.3) is 0 Å². The molecule has 3 aliphatic carbocycles. The monoisotopic (exact) mass is 523 g/mol. The first-order valence-electron chi connectivity index (χ1n) is 14.1. The molecule has 2 N–H and O–H groups in total. The minimum atomic E-state index is -1.13. The van der Waals surface area contributed by atoms with E-state index in [1.165, 1.54) is 7.11 Å². The van der Waals surface area contributed by atoms with Gasteiger partial charge in [-0.2, -0.15) is 0 Å². The smallest absolute Gasteiger partial charge is 0.338 e. The molecule has 2 saturated carbocycles.